The Labute approximate surface area is 115 Å². The number of aryl methyl sites for hydroxylation is 1. The van der Waals surface area contributed by atoms with Crippen molar-refractivity contribution in [1.29, 1.82) is 0 Å². The van der Waals surface area contributed by atoms with Crippen LogP contribution >= 0.6 is 0 Å². The number of nitrogens with one attached hydrogen (secondary N) is 1. The van der Waals surface area contributed by atoms with E-state index in [0.717, 1.165) is 18.5 Å². The largest absolute Gasteiger partial charge is 0.508 e. The molecule has 0 aromatic heterocycles. The highest BCUT2D eigenvalue weighted by Crippen LogP contribution is 2.22. The van der Waals surface area contributed by atoms with Crippen molar-refractivity contribution in [3.05, 3.63) is 65.2 Å². The summed E-state index contributed by atoms with van der Waals surface area (Å²) in [7, 11) is 0. The number of para-hydroxylation sites is 1. The van der Waals surface area contributed by atoms with Gasteiger partial charge in [-0.1, -0.05) is 42.5 Å². The average molecular weight is 255 g/mol. The van der Waals surface area contributed by atoms with Crippen molar-refractivity contribution in [3.63, 3.8) is 0 Å². The number of phenols is 1. The van der Waals surface area contributed by atoms with Crippen LogP contribution in [-0.2, 0) is 6.42 Å². The Bertz CT molecular complexity index is 536. The molecule has 2 N–H and O–H groups in total. The van der Waals surface area contributed by atoms with E-state index in [1.165, 1.54) is 11.1 Å². The maximum atomic E-state index is 9.80. The summed E-state index contributed by atoms with van der Waals surface area (Å²) in [5.41, 5.74) is 3.66. The van der Waals surface area contributed by atoms with Crippen LogP contribution in [0, 0.1) is 6.92 Å². The van der Waals surface area contributed by atoms with E-state index in [1.807, 2.05) is 18.2 Å². The number of hydrogen-bond donors (Lipinski definition) is 2. The van der Waals surface area contributed by atoms with Crippen molar-refractivity contribution >= 4 is 0 Å². The lowest BCUT2D eigenvalue weighted by atomic mass is 10.0. The predicted molar refractivity (Wildman–Crippen MR) is 79.4 cm³/mol. The monoisotopic (exact) mass is 255 g/mol. The van der Waals surface area contributed by atoms with Gasteiger partial charge in [0.25, 0.3) is 0 Å². The van der Waals surface area contributed by atoms with Gasteiger partial charge in [0.15, 0.2) is 0 Å². The normalized spacial score (nSPS) is 12.3. The van der Waals surface area contributed by atoms with Crippen LogP contribution in [-0.4, -0.2) is 11.7 Å². The Hall–Kier alpha value is -1.80. The Balaban J connectivity index is 1.90. The molecular weight excluding hydrogens is 234 g/mol. The zero-order valence-electron chi connectivity index (χ0n) is 11.6. The molecule has 2 heteroatoms. The molecule has 0 bridgehead atoms. The van der Waals surface area contributed by atoms with Gasteiger partial charge >= 0.3 is 0 Å². The van der Waals surface area contributed by atoms with Crippen molar-refractivity contribution in [2.24, 2.45) is 0 Å². The summed E-state index contributed by atoms with van der Waals surface area (Å²) < 4.78 is 0. The van der Waals surface area contributed by atoms with Crippen LogP contribution in [0.2, 0.25) is 0 Å². The number of benzene rings is 2. The number of aromatic hydroxyl groups is 1. The fraction of sp³-hybridized carbons (Fsp3) is 0.294. The van der Waals surface area contributed by atoms with Crippen molar-refractivity contribution in [3.8, 4) is 5.75 Å². The average Bonchev–Trinajstić information content (AvgIpc) is 2.41. The lowest BCUT2D eigenvalue weighted by Gasteiger charge is -2.16. The van der Waals surface area contributed by atoms with Crippen LogP contribution < -0.4 is 5.32 Å². The van der Waals surface area contributed by atoms with Crippen LogP contribution in [0.4, 0.5) is 0 Å². The molecule has 0 saturated heterocycles. The molecule has 0 saturated carbocycles. The SMILES string of the molecule is Cc1ccccc1CCNC(C)c1ccccc1O. The van der Waals surface area contributed by atoms with Crippen molar-refractivity contribution in [2.45, 2.75) is 26.3 Å². The molecule has 0 fully saturated rings. The van der Waals surface area contributed by atoms with Gasteiger partial charge in [-0.3, -0.25) is 0 Å². The number of rotatable bonds is 5. The Morgan fingerprint density at radius 1 is 1.05 bits per heavy atom. The summed E-state index contributed by atoms with van der Waals surface area (Å²) in [5, 5.41) is 13.3. The van der Waals surface area contributed by atoms with Crippen LogP contribution in [0.5, 0.6) is 5.75 Å². The van der Waals surface area contributed by atoms with Gasteiger partial charge in [0.05, 0.1) is 0 Å². The molecule has 0 aliphatic carbocycles. The third-order valence-electron chi connectivity index (χ3n) is 3.51. The molecule has 100 valence electrons. The summed E-state index contributed by atoms with van der Waals surface area (Å²) in [6, 6.07) is 16.1. The quantitative estimate of drug-likeness (QED) is 0.855. The van der Waals surface area contributed by atoms with Crippen LogP contribution in [0.15, 0.2) is 48.5 Å². The van der Waals surface area contributed by atoms with Gasteiger partial charge < -0.3 is 10.4 Å². The van der Waals surface area contributed by atoms with Gasteiger partial charge in [0.2, 0.25) is 0 Å². The minimum atomic E-state index is 0.158. The van der Waals surface area contributed by atoms with Crippen molar-refractivity contribution in [2.75, 3.05) is 6.54 Å². The smallest absolute Gasteiger partial charge is 0.120 e. The molecule has 1 atom stereocenters. The molecule has 19 heavy (non-hydrogen) atoms. The maximum absolute atomic E-state index is 9.80. The van der Waals surface area contributed by atoms with E-state index < -0.39 is 0 Å². The first kappa shape index (κ1) is 13.6. The highest BCUT2D eigenvalue weighted by molar-refractivity contribution is 5.34. The minimum Gasteiger partial charge on any atom is -0.508 e. The molecule has 2 nitrogen and oxygen atoms in total. The Morgan fingerprint density at radius 2 is 1.74 bits per heavy atom. The molecule has 2 rings (SSSR count). The zero-order valence-corrected chi connectivity index (χ0v) is 11.6. The van der Waals surface area contributed by atoms with Crippen molar-refractivity contribution in [1.82, 2.24) is 5.32 Å². The Kier molecular flexibility index (Phi) is 4.58. The standard InChI is InChI=1S/C17H21NO/c1-13-7-3-4-8-15(13)11-12-18-14(2)16-9-5-6-10-17(16)19/h3-10,14,18-19H,11-12H2,1-2H3. The highest BCUT2D eigenvalue weighted by Gasteiger charge is 2.08. The number of phenolic OH excluding ortho intramolecular Hbond substituents is 1. The summed E-state index contributed by atoms with van der Waals surface area (Å²) >= 11 is 0. The van der Waals surface area contributed by atoms with E-state index in [0.29, 0.717) is 5.75 Å². The molecule has 0 radical (unpaired) electrons. The second-order valence-corrected chi connectivity index (χ2v) is 4.91. The highest BCUT2D eigenvalue weighted by atomic mass is 16.3. The maximum Gasteiger partial charge on any atom is 0.120 e. The van der Waals surface area contributed by atoms with Gasteiger partial charge in [-0.25, -0.2) is 0 Å². The van der Waals surface area contributed by atoms with Crippen molar-refractivity contribution < 1.29 is 5.11 Å². The first-order chi connectivity index (χ1) is 9.18. The third kappa shape index (κ3) is 3.58. The first-order valence-corrected chi connectivity index (χ1v) is 6.74. The molecule has 0 spiro atoms. The lowest BCUT2D eigenvalue weighted by Crippen LogP contribution is -2.21. The van der Waals surface area contributed by atoms with Gasteiger partial charge in [-0.05, 0) is 44.0 Å². The Morgan fingerprint density at radius 3 is 2.47 bits per heavy atom. The topological polar surface area (TPSA) is 32.3 Å². The lowest BCUT2D eigenvalue weighted by molar-refractivity contribution is 0.453. The molecule has 0 aliphatic rings. The molecular formula is C17H21NO. The van der Waals surface area contributed by atoms with Crippen LogP contribution in [0.1, 0.15) is 29.7 Å². The van der Waals surface area contributed by atoms with E-state index in [1.54, 1.807) is 6.07 Å². The minimum absolute atomic E-state index is 0.158. The van der Waals surface area contributed by atoms with E-state index >= 15 is 0 Å². The fourth-order valence-electron chi connectivity index (χ4n) is 2.28. The van der Waals surface area contributed by atoms with Gasteiger partial charge in [-0.15, -0.1) is 0 Å². The molecule has 2 aromatic rings. The molecule has 1 unspecified atom stereocenters. The van der Waals surface area contributed by atoms with Crippen LogP contribution in [0.3, 0.4) is 0 Å². The third-order valence-corrected chi connectivity index (χ3v) is 3.51. The molecule has 0 aliphatic heterocycles. The van der Waals surface area contributed by atoms with Gasteiger partial charge in [-0.2, -0.15) is 0 Å². The molecule has 2 aromatic carbocycles. The zero-order chi connectivity index (χ0) is 13.7. The number of hydrogen-bond acceptors (Lipinski definition) is 2. The van der Waals surface area contributed by atoms with Crippen LogP contribution in [0.25, 0.3) is 0 Å². The van der Waals surface area contributed by atoms with E-state index in [4.69, 9.17) is 0 Å². The molecule has 0 heterocycles. The fourth-order valence-corrected chi connectivity index (χ4v) is 2.28. The van der Waals surface area contributed by atoms with E-state index in [9.17, 15) is 5.11 Å². The van der Waals surface area contributed by atoms with E-state index in [-0.39, 0.29) is 6.04 Å². The van der Waals surface area contributed by atoms with E-state index in [2.05, 4.69) is 43.4 Å². The van der Waals surface area contributed by atoms with Gasteiger partial charge in [0, 0.05) is 11.6 Å². The summed E-state index contributed by atoms with van der Waals surface area (Å²) in [5.74, 6) is 0.360. The summed E-state index contributed by atoms with van der Waals surface area (Å²) in [6.45, 7) is 5.12. The van der Waals surface area contributed by atoms with Gasteiger partial charge in [0.1, 0.15) is 5.75 Å². The second-order valence-electron chi connectivity index (χ2n) is 4.91. The first-order valence-electron chi connectivity index (χ1n) is 6.74. The summed E-state index contributed by atoms with van der Waals surface area (Å²) in [6.07, 6.45) is 1.00. The molecule has 0 amide bonds. The predicted octanol–water partition coefficient (Wildman–Crippen LogP) is 3.59. The second kappa shape index (κ2) is 6.39. The summed E-state index contributed by atoms with van der Waals surface area (Å²) in [4.78, 5) is 0.